The summed E-state index contributed by atoms with van der Waals surface area (Å²) in [5.74, 6) is -0.630. The number of rotatable bonds is 4. The molecule has 0 spiro atoms. The van der Waals surface area contributed by atoms with Crippen LogP contribution < -0.4 is 10.1 Å². The summed E-state index contributed by atoms with van der Waals surface area (Å²) in [5, 5.41) is 3.52. The molecule has 0 heterocycles. The van der Waals surface area contributed by atoms with Crippen molar-refractivity contribution in [2.45, 2.75) is 13.0 Å². The molecule has 1 atom stereocenters. The van der Waals surface area contributed by atoms with E-state index in [1.165, 1.54) is 25.3 Å². The van der Waals surface area contributed by atoms with Crippen LogP contribution in [0.25, 0.3) is 0 Å². The predicted molar refractivity (Wildman–Crippen MR) is 76.4 cm³/mol. The Morgan fingerprint density at radius 3 is 2.40 bits per heavy atom. The van der Waals surface area contributed by atoms with E-state index in [0.717, 1.165) is 0 Å². The summed E-state index contributed by atoms with van der Waals surface area (Å²) in [5.41, 5.74) is 0.560. The minimum absolute atomic E-state index is 0.0190. The minimum atomic E-state index is -0.592. The largest absolute Gasteiger partial charge is 0.495 e. The van der Waals surface area contributed by atoms with Crippen LogP contribution in [-0.4, -0.2) is 7.11 Å². The highest BCUT2D eigenvalue weighted by Gasteiger charge is 2.17. The summed E-state index contributed by atoms with van der Waals surface area (Å²) in [6.45, 7) is 1.67. The Morgan fingerprint density at radius 1 is 1.15 bits per heavy atom. The number of halogens is 3. The fourth-order valence-electron chi connectivity index (χ4n) is 2.02. The highest BCUT2D eigenvalue weighted by Crippen LogP contribution is 2.32. The average molecular weight is 298 g/mol. The molecule has 0 radical (unpaired) electrons. The van der Waals surface area contributed by atoms with Gasteiger partial charge in [0.1, 0.15) is 17.4 Å². The molecule has 0 amide bonds. The van der Waals surface area contributed by atoms with Crippen LogP contribution >= 0.6 is 11.6 Å². The Balaban J connectivity index is 2.32. The molecule has 1 unspecified atom stereocenters. The molecule has 0 aliphatic carbocycles. The Labute approximate surface area is 121 Å². The van der Waals surface area contributed by atoms with Crippen LogP contribution in [0, 0.1) is 11.6 Å². The maximum absolute atomic E-state index is 13.7. The highest BCUT2D eigenvalue weighted by atomic mass is 35.5. The Bertz CT molecular complexity index is 599. The molecule has 0 aromatic heterocycles. The first-order valence-electron chi connectivity index (χ1n) is 6.07. The lowest BCUT2D eigenvalue weighted by Gasteiger charge is -2.19. The SMILES string of the molecule is COc1ccc(Cl)cc1NC(C)c1c(F)cccc1F. The molecular weight excluding hydrogens is 284 g/mol. The van der Waals surface area contributed by atoms with Gasteiger partial charge in [0.05, 0.1) is 18.8 Å². The third-order valence-corrected chi connectivity index (χ3v) is 3.20. The van der Waals surface area contributed by atoms with Crippen molar-refractivity contribution in [3.05, 3.63) is 58.6 Å². The van der Waals surface area contributed by atoms with E-state index in [0.29, 0.717) is 16.5 Å². The van der Waals surface area contributed by atoms with Gasteiger partial charge in [0.25, 0.3) is 0 Å². The first-order chi connectivity index (χ1) is 9.52. The van der Waals surface area contributed by atoms with Gasteiger partial charge in [-0.3, -0.25) is 0 Å². The summed E-state index contributed by atoms with van der Waals surface area (Å²) in [6.07, 6.45) is 0. The van der Waals surface area contributed by atoms with Crippen LogP contribution in [0.3, 0.4) is 0 Å². The van der Waals surface area contributed by atoms with E-state index in [2.05, 4.69) is 5.32 Å². The fourth-order valence-corrected chi connectivity index (χ4v) is 2.19. The first-order valence-corrected chi connectivity index (χ1v) is 6.44. The van der Waals surface area contributed by atoms with Gasteiger partial charge in [-0.05, 0) is 37.3 Å². The smallest absolute Gasteiger partial charge is 0.142 e. The molecule has 2 rings (SSSR count). The molecule has 2 aromatic carbocycles. The topological polar surface area (TPSA) is 21.3 Å². The maximum Gasteiger partial charge on any atom is 0.142 e. The van der Waals surface area contributed by atoms with Crippen molar-refractivity contribution in [1.82, 2.24) is 0 Å². The molecule has 20 heavy (non-hydrogen) atoms. The third kappa shape index (κ3) is 3.02. The predicted octanol–water partition coefficient (Wildman–Crippen LogP) is 4.80. The summed E-state index contributed by atoms with van der Waals surface area (Å²) < 4.78 is 32.6. The Morgan fingerprint density at radius 2 is 1.80 bits per heavy atom. The summed E-state index contributed by atoms with van der Waals surface area (Å²) >= 11 is 5.92. The van der Waals surface area contributed by atoms with E-state index in [1.54, 1.807) is 25.1 Å². The van der Waals surface area contributed by atoms with Crippen molar-refractivity contribution < 1.29 is 13.5 Å². The van der Waals surface area contributed by atoms with Gasteiger partial charge >= 0.3 is 0 Å². The number of nitrogens with one attached hydrogen (secondary N) is 1. The zero-order valence-electron chi connectivity index (χ0n) is 11.1. The molecular formula is C15H14ClF2NO. The molecule has 0 saturated carbocycles. The van der Waals surface area contributed by atoms with Crippen LogP contribution in [0.15, 0.2) is 36.4 Å². The van der Waals surface area contributed by atoms with Crippen LogP contribution in [0.4, 0.5) is 14.5 Å². The zero-order valence-corrected chi connectivity index (χ0v) is 11.8. The van der Waals surface area contributed by atoms with Gasteiger partial charge in [-0.2, -0.15) is 0 Å². The van der Waals surface area contributed by atoms with Crippen molar-refractivity contribution in [1.29, 1.82) is 0 Å². The molecule has 5 heteroatoms. The van der Waals surface area contributed by atoms with Gasteiger partial charge in [-0.1, -0.05) is 17.7 Å². The molecule has 0 aliphatic heterocycles. The van der Waals surface area contributed by atoms with E-state index in [4.69, 9.17) is 16.3 Å². The summed E-state index contributed by atoms with van der Waals surface area (Å²) in [6, 6.07) is 8.24. The Kier molecular flexibility index (Phi) is 4.45. The van der Waals surface area contributed by atoms with Crippen molar-refractivity contribution in [2.24, 2.45) is 0 Å². The van der Waals surface area contributed by atoms with Gasteiger partial charge in [-0.25, -0.2) is 8.78 Å². The number of hydrogen-bond donors (Lipinski definition) is 1. The lowest BCUT2D eigenvalue weighted by atomic mass is 10.1. The first kappa shape index (κ1) is 14.6. The highest BCUT2D eigenvalue weighted by molar-refractivity contribution is 6.30. The maximum atomic E-state index is 13.7. The second-order valence-electron chi connectivity index (χ2n) is 4.35. The molecule has 106 valence electrons. The molecule has 0 aliphatic rings. The van der Waals surface area contributed by atoms with Crippen molar-refractivity contribution in [3.8, 4) is 5.75 Å². The van der Waals surface area contributed by atoms with Gasteiger partial charge in [0.15, 0.2) is 0 Å². The monoisotopic (exact) mass is 297 g/mol. The number of benzene rings is 2. The van der Waals surface area contributed by atoms with E-state index in [9.17, 15) is 8.78 Å². The van der Waals surface area contributed by atoms with Gasteiger partial charge in [0.2, 0.25) is 0 Å². The van der Waals surface area contributed by atoms with Crippen molar-refractivity contribution in [2.75, 3.05) is 12.4 Å². The lowest BCUT2D eigenvalue weighted by Crippen LogP contribution is -2.11. The standard InChI is InChI=1S/C15H14ClF2NO/c1-9(15-11(17)4-3-5-12(15)18)19-13-8-10(16)6-7-14(13)20-2/h3-9,19H,1-2H3. The third-order valence-electron chi connectivity index (χ3n) is 2.97. The lowest BCUT2D eigenvalue weighted by molar-refractivity contribution is 0.416. The fraction of sp³-hybridized carbons (Fsp3) is 0.200. The van der Waals surface area contributed by atoms with Crippen LogP contribution in [0.1, 0.15) is 18.5 Å². The molecule has 0 saturated heterocycles. The molecule has 2 nitrogen and oxygen atoms in total. The number of hydrogen-bond acceptors (Lipinski definition) is 2. The minimum Gasteiger partial charge on any atom is -0.495 e. The van der Waals surface area contributed by atoms with Crippen molar-refractivity contribution >= 4 is 17.3 Å². The van der Waals surface area contributed by atoms with E-state index in [-0.39, 0.29) is 5.56 Å². The van der Waals surface area contributed by atoms with Gasteiger partial charge in [-0.15, -0.1) is 0 Å². The summed E-state index contributed by atoms with van der Waals surface area (Å²) in [4.78, 5) is 0. The van der Waals surface area contributed by atoms with E-state index >= 15 is 0 Å². The molecule has 2 aromatic rings. The van der Waals surface area contributed by atoms with E-state index in [1.807, 2.05) is 0 Å². The molecule has 1 N–H and O–H groups in total. The molecule has 0 fully saturated rings. The second kappa shape index (κ2) is 6.09. The number of anilines is 1. The quantitative estimate of drug-likeness (QED) is 0.875. The normalized spacial score (nSPS) is 12.1. The van der Waals surface area contributed by atoms with Crippen LogP contribution in [0.5, 0.6) is 5.75 Å². The molecule has 0 bridgehead atoms. The van der Waals surface area contributed by atoms with Crippen LogP contribution in [0.2, 0.25) is 5.02 Å². The van der Waals surface area contributed by atoms with E-state index < -0.39 is 17.7 Å². The van der Waals surface area contributed by atoms with Crippen LogP contribution in [-0.2, 0) is 0 Å². The zero-order chi connectivity index (χ0) is 14.7. The number of ether oxygens (including phenoxy) is 1. The van der Waals surface area contributed by atoms with Crippen molar-refractivity contribution in [3.63, 3.8) is 0 Å². The van der Waals surface area contributed by atoms with Gasteiger partial charge in [0, 0.05) is 10.6 Å². The average Bonchev–Trinajstić information content (AvgIpc) is 2.38. The Hall–Kier alpha value is -1.81. The second-order valence-corrected chi connectivity index (χ2v) is 4.78. The number of methoxy groups -OCH3 is 1. The summed E-state index contributed by atoms with van der Waals surface area (Å²) in [7, 11) is 1.52. The van der Waals surface area contributed by atoms with Gasteiger partial charge < -0.3 is 10.1 Å².